The SMILES string of the molecule is CCCCCC/C=C\C/C=C\CCCCCCCC(=O)OC(COC(=O)CCCCCCCC)COC(=O)CCCCCCCCCCCCCCCCCCCCCCCCCCCCCC. The lowest BCUT2D eigenvalue weighted by molar-refractivity contribution is -0.167. The first-order chi connectivity index (χ1) is 33.5. The molecule has 0 aromatic carbocycles. The lowest BCUT2D eigenvalue weighted by Gasteiger charge is -2.18. The summed E-state index contributed by atoms with van der Waals surface area (Å²) in [6, 6.07) is 0. The molecule has 0 spiro atoms. The lowest BCUT2D eigenvalue weighted by Crippen LogP contribution is -2.30. The van der Waals surface area contributed by atoms with Crippen LogP contribution in [-0.4, -0.2) is 37.2 Å². The van der Waals surface area contributed by atoms with Crippen molar-refractivity contribution in [3.63, 3.8) is 0 Å². The number of carbonyl (C=O) groups is 3. The topological polar surface area (TPSA) is 78.9 Å². The summed E-state index contributed by atoms with van der Waals surface area (Å²) in [5.41, 5.74) is 0. The van der Waals surface area contributed by atoms with Crippen molar-refractivity contribution >= 4 is 17.9 Å². The van der Waals surface area contributed by atoms with E-state index in [4.69, 9.17) is 14.2 Å². The lowest BCUT2D eigenvalue weighted by atomic mass is 10.0. The van der Waals surface area contributed by atoms with Gasteiger partial charge in [0.2, 0.25) is 0 Å². The first kappa shape index (κ1) is 65.9. The number of ether oxygens (including phenoxy) is 3. The van der Waals surface area contributed by atoms with Crippen LogP contribution in [0.3, 0.4) is 0 Å². The molecule has 0 saturated heterocycles. The predicted molar refractivity (Wildman–Crippen MR) is 293 cm³/mol. The zero-order chi connectivity index (χ0) is 49.3. The maximum absolute atomic E-state index is 12.8. The highest BCUT2D eigenvalue weighted by Crippen LogP contribution is 2.18. The number of hydrogen-bond donors (Lipinski definition) is 0. The number of unbranched alkanes of at least 4 members (excludes halogenated alkanes) is 41. The first-order valence-electron chi connectivity index (χ1n) is 30.3. The average molecular weight is 958 g/mol. The fourth-order valence-electron chi connectivity index (χ4n) is 9.12. The second-order valence-electron chi connectivity index (χ2n) is 20.6. The summed E-state index contributed by atoms with van der Waals surface area (Å²) >= 11 is 0. The minimum atomic E-state index is -0.772. The van der Waals surface area contributed by atoms with Crippen LogP contribution in [0, 0.1) is 0 Å². The van der Waals surface area contributed by atoms with Gasteiger partial charge in [-0.1, -0.05) is 289 Å². The molecule has 6 heteroatoms. The van der Waals surface area contributed by atoms with Gasteiger partial charge in [0.1, 0.15) is 13.2 Å². The summed E-state index contributed by atoms with van der Waals surface area (Å²) < 4.78 is 16.8. The molecule has 0 amide bonds. The molecule has 0 N–H and O–H groups in total. The second-order valence-corrected chi connectivity index (χ2v) is 20.6. The maximum Gasteiger partial charge on any atom is 0.306 e. The number of allylic oxidation sites excluding steroid dienone is 4. The van der Waals surface area contributed by atoms with Gasteiger partial charge in [-0.2, -0.15) is 0 Å². The molecule has 6 nitrogen and oxygen atoms in total. The van der Waals surface area contributed by atoms with Gasteiger partial charge >= 0.3 is 17.9 Å². The van der Waals surface area contributed by atoms with Crippen molar-refractivity contribution in [1.29, 1.82) is 0 Å². The summed E-state index contributed by atoms with van der Waals surface area (Å²) in [5, 5.41) is 0. The van der Waals surface area contributed by atoms with Crippen LogP contribution in [0.2, 0.25) is 0 Å². The molecule has 0 aromatic heterocycles. The van der Waals surface area contributed by atoms with Gasteiger partial charge in [-0.25, -0.2) is 0 Å². The van der Waals surface area contributed by atoms with E-state index < -0.39 is 6.10 Å². The zero-order valence-electron chi connectivity index (χ0n) is 45.9. The van der Waals surface area contributed by atoms with Crippen molar-refractivity contribution in [1.82, 2.24) is 0 Å². The van der Waals surface area contributed by atoms with E-state index in [9.17, 15) is 14.4 Å². The van der Waals surface area contributed by atoms with Crippen LogP contribution < -0.4 is 0 Å². The van der Waals surface area contributed by atoms with Gasteiger partial charge in [0.25, 0.3) is 0 Å². The van der Waals surface area contributed by atoms with E-state index in [2.05, 4.69) is 45.1 Å². The molecule has 0 rings (SSSR count). The van der Waals surface area contributed by atoms with Gasteiger partial charge < -0.3 is 14.2 Å². The third-order valence-corrected chi connectivity index (χ3v) is 13.7. The van der Waals surface area contributed by atoms with Gasteiger partial charge in [0, 0.05) is 19.3 Å². The van der Waals surface area contributed by atoms with Gasteiger partial charge in [0.05, 0.1) is 0 Å². The molecule has 0 radical (unpaired) electrons. The molecule has 0 aliphatic rings. The van der Waals surface area contributed by atoms with Crippen molar-refractivity contribution in [2.24, 2.45) is 0 Å². The predicted octanol–water partition coefficient (Wildman–Crippen LogP) is 20.3. The highest BCUT2D eigenvalue weighted by Gasteiger charge is 2.19. The fourth-order valence-corrected chi connectivity index (χ4v) is 9.12. The minimum Gasteiger partial charge on any atom is -0.462 e. The van der Waals surface area contributed by atoms with Gasteiger partial charge in [-0.3, -0.25) is 14.4 Å². The Kier molecular flexibility index (Phi) is 55.7. The molecule has 1 atom stereocenters. The van der Waals surface area contributed by atoms with Crippen LogP contribution in [0.15, 0.2) is 24.3 Å². The van der Waals surface area contributed by atoms with Crippen molar-refractivity contribution in [2.45, 2.75) is 341 Å². The van der Waals surface area contributed by atoms with E-state index >= 15 is 0 Å². The standard InChI is InChI=1S/C62H116O6/c1-4-7-10-13-16-18-20-22-24-26-27-28-29-30-31-32-33-34-35-36-37-39-40-42-44-46-49-52-55-61(64)67-58-59(57-66-60(63)54-51-48-15-12-9-6-3)68-62(65)56-53-50-47-45-43-41-38-25-23-21-19-17-14-11-8-5-2/h19,21,25,38,59H,4-18,20,22-24,26-37,39-58H2,1-3H3/b21-19-,38-25-. The van der Waals surface area contributed by atoms with E-state index in [0.29, 0.717) is 19.3 Å². The van der Waals surface area contributed by atoms with E-state index in [1.807, 2.05) is 0 Å². The number of carbonyl (C=O) groups excluding carboxylic acids is 3. The van der Waals surface area contributed by atoms with Crippen LogP contribution in [0.5, 0.6) is 0 Å². The Hall–Kier alpha value is -2.11. The Balaban J connectivity index is 4.00. The third-order valence-electron chi connectivity index (χ3n) is 13.7. The Morgan fingerprint density at radius 2 is 0.529 bits per heavy atom. The van der Waals surface area contributed by atoms with Gasteiger partial charge in [-0.05, 0) is 51.4 Å². The summed E-state index contributed by atoms with van der Waals surface area (Å²) in [7, 11) is 0. The molecule has 0 saturated carbocycles. The molecule has 1 unspecified atom stereocenters. The van der Waals surface area contributed by atoms with Crippen molar-refractivity contribution < 1.29 is 28.6 Å². The Bertz CT molecular complexity index is 1100. The fraction of sp³-hybridized carbons (Fsp3) is 0.887. The maximum atomic E-state index is 12.8. The monoisotopic (exact) mass is 957 g/mol. The summed E-state index contributed by atoms with van der Waals surface area (Å²) in [4.78, 5) is 37.9. The zero-order valence-corrected chi connectivity index (χ0v) is 45.9. The van der Waals surface area contributed by atoms with Gasteiger partial charge in [-0.15, -0.1) is 0 Å². The smallest absolute Gasteiger partial charge is 0.306 e. The number of rotatable bonds is 56. The van der Waals surface area contributed by atoms with Gasteiger partial charge in [0.15, 0.2) is 6.10 Å². The second kappa shape index (κ2) is 57.5. The highest BCUT2D eigenvalue weighted by molar-refractivity contribution is 5.71. The number of esters is 3. The molecule has 0 heterocycles. The van der Waals surface area contributed by atoms with E-state index in [1.165, 1.54) is 218 Å². The number of hydrogen-bond acceptors (Lipinski definition) is 6. The minimum absolute atomic E-state index is 0.0727. The normalized spacial score (nSPS) is 12.1. The molecular formula is C62H116O6. The molecule has 68 heavy (non-hydrogen) atoms. The summed E-state index contributed by atoms with van der Waals surface area (Å²) in [5.74, 6) is -0.878. The quantitative estimate of drug-likeness (QED) is 0.0262. The van der Waals surface area contributed by atoms with Crippen LogP contribution in [0.4, 0.5) is 0 Å². The van der Waals surface area contributed by atoms with E-state index in [-0.39, 0.29) is 31.1 Å². The van der Waals surface area contributed by atoms with E-state index in [1.54, 1.807) is 0 Å². The Morgan fingerprint density at radius 3 is 0.824 bits per heavy atom. The largest absolute Gasteiger partial charge is 0.462 e. The van der Waals surface area contributed by atoms with Crippen molar-refractivity contribution in [2.75, 3.05) is 13.2 Å². The van der Waals surface area contributed by atoms with Crippen LogP contribution in [0.1, 0.15) is 335 Å². The molecule has 0 aliphatic carbocycles. The highest BCUT2D eigenvalue weighted by atomic mass is 16.6. The average Bonchev–Trinajstić information content (AvgIpc) is 3.34. The summed E-state index contributed by atoms with van der Waals surface area (Å²) in [6.45, 7) is 6.60. The molecule has 0 aliphatic heterocycles. The molecule has 400 valence electrons. The van der Waals surface area contributed by atoms with E-state index in [0.717, 1.165) is 77.0 Å². The van der Waals surface area contributed by atoms with Crippen molar-refractivity contribution in [3.05, 3.63) is 24.3 Å². The molecule has 0 bridgehead atoms. The summed E-state index contributed by atoms with van der Waals surface area (Å²) in [6.07, 6.45) is 68.0. The molecule has 0 fully saturated rings. The third kappa shape index (κ3) is 54.8. The van der Waals surface area contributed by atoms with Crippen LogP contribution >= 0.6 is 0 Å². The molecular weight excluding hydrogens is 841 g/mol. The Morgan fingerprint density at radius 1 is 0.294 bits per heavy atom. The van der Waals surface area contributed by atoms with Crippen molar-refractivity contribution in [3.8, 4) is 0 Å². The Labute approximate surface area is 423 Å². The van der Waals surface area contributed by atoms with Crippen LogP contribution in [0.25, 0.3) is 0 Å². The van der Waals surface area contributed by atoms with Crippen LogP contribution in [-0.2, 0) is 28.6 Å². The molecule has 0 aromatic rings. The first-order valence-corrected chi connectivity index (χ1v) is 30.3.